The number of hydrogen-bond acceptors (Lipinski definition) is 9. The van der Waals surface area contributed by atoms with Crippen LogP contribution in [0.2, 0.25) is 0 Å². The molecule has 1 aromatic heterocycles. The number of carboxylic acid groups (broad SMARTS) is 1. The van der Waals surface area contributed by atoms with E-state index in [-0.39, 0.29) is 34.4 Å². The second-order valence-electron chi connectivity index (χ2n) is 10.7. The summed E-state index contributed by atoms with van der Waals surface area (Å²) in [4.78, 5) is 32.3. The largest absolute Gasteiger partial charge is 0.511 e. The summed E-state index contributed by atoms with van der Waals surface area (Å²) < 4.78 is 37.3. The van der Waals surface area contributed by atoms with E-state index >= 15 is 8.78 Å². The third-order valence-corrected chi connectivity index (χ3v) is 8.23. The highest BCUT2D eigenvalue weighted by Gasteiger charge is 2.26. The number of ether oxygens (including phenoxy) is 1. The molecule has 2 atom stereocenters. The van der Waals surface area contributed by atoms with Crippen molar-refractivity contribution in [2.75, 3.05) is 62.2 Å². The predicted octanol–water partition coefficient (Wildman–Crippen LogP) is 3.39. The van der Waals surface area contributed by atoms with Crippen molar-refractivity contribution >= 4 is 28.4 Å². The number of pyridine rings is 1. The highest BCUT2D eigenvalue weighted by atomic mass is 19.1. The zero-order valence-electron chi connectivity index (χ0n) is 23.8. The molecular weight excluding hydrogens is 560 g/mol. The molecule has 3 heterocycles. The Morgan fingerprint density at radius 3 is 1.95 bits per heavy atom. The van der Waals surface area contributed by atoms with Crippen molar-refractivity contribution in [3.8, 4) is 23.6 Å². The third kappa shape index (κ3) is 5.95. The van der Waals surface area contributed by atoms with Crippen LogP contribution in [0, 0.1) is 34.3 Å². The Balaban J connectivity index is 1.53. The van der Waals surface area contributed by atoms with Gasteiger partial charge in [-0.05, 0) is 44.2 Å². The molecule has 1 N–H and O–H groups in total. The third-order valence-electron chi connectivity index (χ3n) is 8.23. The quantitative estimate of drug-likeness (QED) is 0.426. The molecule has 13 heteroatoms. The summed E-state index contributed by atoms with van der Waals surface area (Å²) in [5.74, 6) is -1.91. The Labute approximate surface area is 246 Å². The van der Waals surface area contributed by atoms with Gasteiger partial charge >= 0.3 is 6.16 Å². The highest BCUT2D eigenvalue weighted by molar-refractivity contribution is 5.86. The fourth-order valence-electron chi connectivity index (χ4n) is 5.69. The van der Waals surface area contributed by atoms with Crippen LogP contribution in [-0.4, -0.2) is 90.1 Å². The number of nitrogens with zero attached hydrogens (tertiary/aromatic N) is 7. The van der Waals surface area contributed by atoms with Crippen LogP contribution in [0.15, 0.2) is 41.3 Å². The number of piperazine rings is 2. The summed E-state index contributed by atoms with van der Waals surface area (Å²) in [6.07, 6.45) is -0.627. The molecule has 2 aromatic carbocycles. The van der Waals surface area contributed by atoms with Gasteiger partial charge in [0.15, 0.2) is 5.75 Å². The van der Waals surface area contributed by atoms with Gasteiger partial charge in [0, 0.05) is 58.0 Å². The molecule has 0 spiro atoms. The number of carbonyl (C=O) groups is 1. The first kappa shape index (κ1) is 29.8. The van der Waals surface area contributed by atoms with Crippen molar-refractivity contribution in [2.45, 2.75) is 25.9 Å². The van der Waals surface area contributed by atoms with Gasteiger partial charge < -0.3 is 24.2 Å². The number of hydrogen-bond donors (Lipinski definition) is 1. The average molecular weight is 592 g/mol. The smallest absolute Gasteiger partial charge is 0.449 e. The molecule has 2 unspecified atom stereocenters. The lowest BCUT2D eigenvalue weighted by atomic mass is 10.1. The summed E-state index contributed by atoms with van der Waals surface area (Å²) in [6.45, 7) is 8.08. The molecule has 0 aliphatic carbocycles. The fraction of sp³-hybridized carbons (Fsp3) is 0.400. The SMILES string of the molecule is CC(C#N)N1CCN(c2ccc(-n3cc(OC(=O)O)c(=O)c4cc(F)c(N5CCN(C(C)C#N)CC5)cc43)c(F)c2)CC1. The molecule has 3 aromatic rings. The van der Waals surface area contributed by atoms with Crippen molar-refractivity contribution in [2.24, 2.45) is 0 Å². The highest BCUT2D eigenvalue weighted by Crippen LogP contribution is 2.31. The van der Waals surface area contributed by atoms with Crippen LogP contribution in [0.1, 0.15) is 13.8 Å². The van der Waals surface area contributed by atoms with E-state index in [9.17, 15) is 25.2 Å². The van der Waals surface area contributed by atoms with E-state index in [4.69, 9.17) is 4.74 Å². The molecule has 11 nitrogen and oxygen atoms in total. The number of aromatic nitrogens is 1. The van der Waals surface area contributed by atoms with Gasteiger partial charge in [-0.1, -0.05) is 0 Å². The van der Waals surface area contributed by atoms with E-state index in [2.05, 4.69) is 17.0 Å². The maximum atomic E-state index is 15.8. The summed E-state index contributed by atoms with van der Waals surface area (Å²) in [7, 11) is 0. The zero-order chi connectivity index (χ0) is 30.8. The normalized spacial score (nSPS) is 17.7. The maximum Gasteiger partial charge on any atom is 0.511 e. The average Bonchev–Trinajstić information content (AvgIpc) is 3.01. The van der Waals surface area contributed by atoms with Crippen molar-refractivity contribution in [3.05, 3.63) is 58.4 Å². The van der Waals surface area contributed by atoms with E-state index in [1.54, 1.807) is 17.9 Å². The second kappa shape index (κ2) is 12.3. The van der Waals surface area contributed by atoms with Crippen molar-refractivity contribution in [3.63, 3.8) is 0 Å². The monoisotopic (exact) mass is 591 g/mol. The van der Waals surface area contributed by atoms with Gasteiger partial charge in [-0.2, -0.15) is 10.5 Å². The number of rotatable bonds is 6. The van der Waals surface area contributed by atoms with E-state index in [1.165, 1.54) is 22.8 Å². The number of benzene rings is 2. The van der Waals surface area contributed by atoms with Gasteiger partial charge in [-0.3, -0.25) is 14.6 Å². The van der Waals surface area contributed by atoms with Gasteiger partial charge in [-0.25, -0.2) is 13.6 Å². The molecule has 224 valence electrons. The van der Waals surface area contributed by atoms with Crippen LogP contribution in [0.5, 0.6) is 5.75 Å². The summed E-state index contributed by atoms with van der Waals surface area (Å²) >= 11 is 0. The van der Waals surface area contributed by atoms with Crippen molar-refractivity contribution in [1.82, 2.24) is 14.4 Å². The molecule has 0 bridgehead atoms. The molecule has 2 aliphatic rings. The first-order chi connectivity index (χ1) is 20.6. The van der Waals surface area contributed by atoms with Crippen LogP contribution < -0.4 is 20.0 Å². The number of anilines is 2. The maximum absolute atomic E-state index is 15.8. The number of fused-ring (bicyclic) bond motifs is 1. The van der Waals surface area contributed by atoms with Crippen molar-refractivity contribution in [1.29, 1.82) is 10.5 Å². The summed E-state index contributed by atoms with van der Waals surface area (Å²) in [5, 5.41) is 27.5. The molecule has 2 fully saturated rings. The molecular formula is C30H31F2N7O4. The number of nitriles is 2. The Kier molecular flexibility index (Phi) is 8.48. The van der Waals surface area contributed by atoms with Crippen LogP contribution in [0.25, 0.3) is 16.6 Å². The lowest BCUT2D eigenvalue weighted by Gasteiger charge is -2.37. The minimum atomic E-state index is -1.73. The van der Waals surface area contributed by atoms with Crippen molar-refractivity contribution < 1.29 is 23.4 Å². The Morgan fingerprint density at radius 2 is 1.42 bits per heavy atom. The Morgan fingerprint density at radius 1 is 0.860 bits per heavy atom. The van der Waals surface area contributed by atoms with Gasteiger partial charge in [0.05, 0.1) is 52.7 Å². The lowest BCUT2D eigenvalue weighted by molar-refractivity contribution is 0.144. The molecule has 5 rings (SSSR count). The van der Waals surface area contributed by atoms with Gasteiger partial charge in [0.25, 0.3) is 0 Å². The second-order valence-corrected chi connectivity index (χ2v) is 10.7. The van der Waals surface area contributed by atoms with Gasteiger partial charge in [0.1, 0.15) is 11.6 Å². The predicted molar refractivity (Wildman–Crippen MR) is 156 cm³/mol. The van der Waals surface area contributed by atoms with Gasteiger partial charge in [-0.15, -0.1) is 0 Å². The summed E-state index contributed by atoms with van der Waals surface area (Å²) in [5.41, 5.74) is 0.198. The van der Waals surface area contributed by atoms with Gasteiger partial charge in [0.2, 0.25) is 5.43 Å². The minimum absolute atomic E-state index is 0.0194. The molecule has 0 saturated carbocycles. The van der Waals surface area contributed by atoms with E-state index in [0.717, 1.165) is 12.3 Å². The van der Waals surface area contributed by atoms with E-state index in [1.807, 2.05) is 16.7 Å². The Hall–Kier alpha value is -4.72. The zero-order valence-corrected chi connectivity index (χ0v) is 23.8. The van der Waals surface area contributed by atoms with Crippen LogP contribution >= 0.6 is 0 Å². The van der Waals surface area contributed by atoms with Crippen LogP contribution in [-0.2, 0) is 0 Å². The van der Waals surface area contributed by atoms with Crippen LogP contribution in [0.3, 0.4) is 0 Å². The Bertz CT molecular complexity index is 1680. The van der Waals surface area contributed by atoms with Crippen LogP contribution in [0.4, 0.5) is 25.0 Å². The first-order valence-electron chi connectivity index (χ1n) is 14.0. The lowest BCUT2D eigenvalue weighted by Crippen LogP contribution is -2.49. The standard InChI is InChI=1S/C30H31F2N7O4/c1-19(16-33)35-5-9-37(10-6-35)21-3-4-25(23(31)13-21)39-18-28(43-30(41)42)29(40)22-14-24(32)27(15-26(22)39)38-11-7-36(8-12-38)20(2)17-34/h3-4,13-15,18-20H,5-12H2,1-2H3,(H,41,42). The molecule has 0 amide bonds. The minimum Gasteiger partial charge on any atom is -0.449 e. The molecule has 0 radical (unpaired) electrons. The molecule has 2 saturated heterocycles. The first-order valence-corrected chi connectivity index (χ1v) is 14.0. The fourth-order valence-corrected chi connectivity index (χ4v) is 5.69. The molecule has 2 aliphatic heterocycles. The number of halogens is 2. The topological polar surface area (TPSA) is 129 Å². The van der Waals surface area contributed by atoms with E-state index in [0.29, 0.717) is 58.0 Å². The summed E-state index contributed by atoms with van der Waals surface area (Å²) in [6, 6.07) is 11.0. The molecule has 43 heavy (non-hydrogen) atoms. The van der Waals surface area contributed by atoms with E-state index < -0.39 is 29.0 Å².